The fourth-order valence-electron chi connectivity index (χ4n) is 6.27. The van der Waals surface area contributed by atoms with E-state index in [1.807, 2.05) is 18.2 Å². The van der Waals surface area contributed by atoms with Crippen LogP contribution in [0.3, 0.4) is 0 Å². The number of aromatic nitrogens is 2. The molecule has 2 aliphatic rings. The Morgan fingerprint density at radius 2 is 1.69 bits per heavy atom. The van der Waals surface area contributed by atoms with Gasteiger partial charge in [0.2, 0.25) is 5.88 Å². The minimum Gasteiger partial charge on any atom is -0.497 e. The van der Waals surface area contributed by atoms with Crippen molar-refractivity contribution < 1.29 is 22.6 Å². The number of pyridine rings is 2. The molecule has 4 aromatic rings. The van der Waals surface area contributed by atoms with E-state index in [1.54, 1.807) is 55.9 Å². The van der Waals surface area contributed by atoms with Crippen molar-refractivity contribution in [3.63, 3.8) is 0 Å². The highest BCUT2D eigenvalue weighted by molar-refractivity contribution is 7.93. The fourth-order valence-corrected chi connectivity index (χ4v) is 8.09. The standard InChI is InChI=1S/C32H31ClN6O5S/c1-42-24-7-9-29(28(19-24)43-2)45(40,41)39-21-32(25-5-4-11-36-31(25)44-3,26-18-23(33)6-8-27(26)39)38-15-13-37(14-16-38)30-17-22(20-34)10-12-35-30/h4-12,17-19H,13-16,21H2,1-3H3. The average molecular weight is 647 g/mol. The van der Waals surface area contributed by atoms with Gasteiger partial charge in [-0.05, 0) is 54.6 Å². The van der Waals surface area contributed by atoms with Gasteiger partial charge in [-0.3, -0.25) is 9.21 Å². The van der Waals surface area contributed by atoms with Gasteiger partial charge in [-0.2, -0.15) is 5.26 Å². The lowest BCUT2D eigenvalue weighted by Gasteiger charge is -2.46. The number of benzene rings is 2. The number of fused-ring (bicyclic) bond motifs is 1. The third-order valence-corrected chi connectivity index (χ3v) is 10.4. The number of ether oxygens (including phenoxy) is 3. The lowest BCUT2D eigenvalue weighted by molar-refractivity contribution is 0.124. The number of hydrogen-bond donors (Lipinski definition) is 0. The summed E-state index contributed by atoms with van der Waals surface area (Å²) in [5, 5.41) is 9.87. The van der Waals surface area contributed by atoms with Crippen LogP contribution in [-0.4, -0.2) is 77.3 Å². The van der Waals surface area contributed by atoms with E-state index in [0.717, 1.165) is 5.56 Å². The highest BCUT2D eigenvalue weighted by atomic mass is 35.5. The first-order valence-electron chi connectivity index (χ1n) is 14.2. The van der Waals surface area contributed by atoms with Crippen LogP contribution in [0.2, 0.25) is 5.02 Å². The van der Waals surface area contributed by atoms with Gasteiger partial charge in [0.05, 0.1) is 50.7 Å². The quantitative estimate of drug-likeness (QED) is 0.274. The molecule has 1 saturated heterocycles. The number of hydrogen-bond acceptors (Lipinski definition) is 10. The molecular weight excluding hydrogens is 616 g/mol. The Labute approximate surface area is 267 Å². The van der Waals surface area contributed by atoms with Gasteiger partial charge in [0.15, 0.2) is 0 Å². The van der Waals surface area contributed by atoms with Crippen LogP contribution in [0.4, 0.5) is 11.5 Å². The first kappa shape index (κ1) is 30.5. The second kappa shape index (κ2) is 12.1. The number of anilines is 2. The maximum Gasteiger partial charge on any atom is 0.268 e. The topological polar surface area (TPSA) is 121 Å². The molecule has 4 heterocycles. The van der Waals surface area contributed by atoms with Gasteiger partial charge >= 0.3 is 0 Å². The molecule has 2 aliphatic heterocycles. The normalized spacial score (nSPS) is 18.3. The summed E-state index contributed by atoms with van der Waals surface area (Å²) in [5.74, 6) is 1.74. The lowest BCUT2D eigenvalue weighted by atomic mass is 9.82. The number of methoxy groups -OCH3 is 3. The van der Waals surface area contributed by atoms with Crippen molar-refractivity contribution in [3.8, 4) is 23.4 Å². The maximum atomic E-state index is 14.6. The molecule has 13 heteroatoms. The zero-order chi connectivity index (χ0) is 31.8. The van der Waals surface area contributed by atoms with Crippen molar-refractivity contribution in [2.24, 2.45) is 0 Å². The summed E-state index contributed by atoms with van der Waals surface area (Å²) in [5.41, 5.74) is 1.45. The molecule has 2 aromatic heterocycles. The van der Waals surface area contributed by atoms with E-state index in [-0.39, 0.29) is 17.2 Å². The van der Waals surface area contributed by atoms with Crippen LogP contribution < -0.4 is 23.4 Å². The number of nitriles is 1. The predicted octanol–water partition coefficient (Wildman–Crippen LogP) is 4.30. The third-order valence-electron chi connectivity index (χ3n) is 8.41. The highest BCUT2D eigenvalue weighted by Gasteiger charge is 2.54. The van der Waals surface area contributed by atoms with Gasteiger partial charge in [-0.25, -0.2) is 18.4 Å². The molecule has 1 atom stereocenters. The van der Waals surface area contributed by atoms with E-state index in [0.29, 0.717) is 65.5 Å². The number of piperazine rings is 1. The molecule has 0 spiro atoms. The van der Waals surface area contributed by atoms with E-state index in [4.69, 9.17) is 25.8 Å². The first-order chi connectivity index (χ1) is 21.8. The summed E-state index contributed by atoms with van der Waals surface area (Å²) >= 11 is 6.63. The van der Waals surface area contributed by atoms with E-state index >= 15 is 0 Å². The lowest BCUT2D eigenvalue weighted by Crippen LogP contribution is -2.58. The Morgan fingerprint density at radius 3 is 2.40 bits per heavy atom. The molecule has 0 radical (unpaired) electrons. The van der Waals surface area contributed by atoms with Crippen molar-refractivity contribution in [1.29, 1.82) is 5.26 Å². The van der Waals surface area contributed by atoms with Crippen LogP contribution in [0, 0.1) is 11.3 Å². The Kier molecular flexibility index (Phi) is 8.18. The molecule has 11 nitrogen and oxygen atoms in total. The van der Waals surface area contributed by atoms with Crippen LogP contribution >= 0.6 is 11.6 Å². The molecule has 0 saturated carbocycles. The van der Waals surface area contributed by atoms with Crippen LogP contribution in [-0.2, 0) is 15.6 Å². The fraction of sp³-hybridized carbons (Fsp3) is 0.281. The van der Waals surface area contributed by atoms with Gasteiger partial charge in [-0.1, -0.05) is 11.6 Å². The second-order valence-electron chi connectivity index (χ2n) is 10.6. The van der Waals surface area contributed by atoms with Crippen LogP contribution in [0.25, 0.3) is 0 Å². The van der Waals surface area contributed by atoms with Gasteiger partial charge in [-0.15, -0.1) is 0 Å². The van der Waals surface area contributed by atoms with Crippen LogP contribution in [0.5, 0.6) is 17.4 Å². The van der Waals surface area contributed by atoms with Gasteiger partial charge in [0, 0.05) is 60.8 Å². The number of halogens is 1. The largest absolute Gasteiger partial charge is 0.497 e. The Bertz CT molecular complexity index is 1890. The van der Waals surface area contributed by atoms with E-state index < -0.39 is 15.6 Å². The van der Waals surface area contributed by atoms with Crippen molar-refractivity contribution in [2.45, 2.75) is 10.4 Å². The molecule has 0 bridgehead atoms. The van der Waals surface area contributed by atoms with E-state index in [1.165, 1.54) is 24.6 Å². The molecule has 0 aliphatic carbocycles. The third kappa shape index (κ3) is 5.16. The minimum absolute atomic E-state index is 0.00826. The SMILES string of the molecule is COc1ccc(S(=O)(=O)N2CC(c3cccnc3OC)(N3CCN(c4cc(C#N)ccn4)CC3)c3cc(Cl)ccc32)c(OC)c1. The summed E-state index contributed by atoms with van der Waals surface area (Å²) in [6, 6.07) is 19.3. The first-order valence-corrected chi connectivity index (χ1v) is 16.0. The Balaban J connectivity index is 1.49. The second-order valence-corrected chi connectivity index (χ2v) is 12.9. The number of nitrogens with zero attached hydrogens (tertiary/aromatic N) is 6. The van der Waals surface area contributed by atoms with Crippen molar-refractivity contribution in [3.05, 3.63) is 94.8 Å². The highest BCUT2D eigenvalue weighted by Crippen LogP contribution is 2.52. The molecule has 6 rings (SSSR count). The zero-order valence-corrected chi connectivity index (χ0v) is 26.5. The molecule has 232 valence electrons. The minimum atomic E-state index is -4.16. The number of sulfonamides is 1. The van der Waals surface area contributed by atoms with Crippen molar-refractivity contribution >= 4 is 33.1 Å². The maximum absolute atomic E-state index is 14.6. The Morgan fingerprint density at radius 1 is 0.889 bits per heavy atom. The monoisotopic (exact) mass is 646 g/mol. The molecule has 45 heavy (non-hydrogen) atoms. The van der Waals surface area contributed by atoms with Gasteiger partial charge in [0.25, 0.3) is 10.0 Å². The summed E-state index contributed by atoms with van der Waals surface area (Å²) in [7, 11) is 0.327. The number of rotatable bonds is 8. The predicted molar refractivity (Wildman–Crippen MR) is 170 cm³/mol. The summed E-state index contributed by atoms with van der Waals surface area (Å²) in [6.07, 6.45) is 3.28. The molecule has 0 N–H and O–H groups in total. The van der Waals surface area contributed by atoms with E-state index in [2.05, 4.69) is 25.8 Å². The van der Waals surface area contributed by atoms with Crippen LogP contribution in [0.15, 0.2) is 78.0 Å². The molecule has 2 aromatic carbocycles. The smallest absolute Gasteiger partial charge is 0.268 e. The van der Waals surface area contributed by atoms with Gasteiger partial charge < -0.3 is 19.1 Å². The van der Waals surface area contributed by atoms with Gasteiger partial charge in [0.1, 0.15) is 22.2 Å². The molecule has 0 amide bonds. The molecular formula is C32H31ClN6O5S. The van der Waals surface area contributed by atoms with Crippen LogP contribution in [0.1, 0.15) is 16.7 Å². The summed E-state index contributed by atoms with van der Waals surface area (Å²) in [4.78, 5) is 13.4. The van der Waals surface area contributed by atoms with E-state index in [9.17, 15) is 13.7 Å². The van der Waals surface area contributed by atoms with Crippen molar-refractivity contribution in [1.82, 2.24) is 14.9 Å². The zero-order valence-electron chi connectivity index (χ0n) is 25.0. The summed E-state index contributed by atoms with van der Waals surface area (Å²) in [6.45, 7) is 2.29. The molecule has 1 unspecified atom stereocenters. The molecule has 1 fully saturated rings. The Hall–Kier alpha value is -4.57. The average Bonchev–Trinajstić information content (AvgIpc) is 3.43. The van der Waals surface area contributed by atoms with Crippen molar-refractivity contribution in [2.75, 3.05) is 63.3 Å². The summed E-state index contributed by atoms with van der Waals surface area (Å²) < 4.78 is 47.2.